The second kappa shape index (κ2) is 6.96. The van der Waals surface area contributed by atoms with Crippen LogP contribution >= 0.6 is 0 Å². The van der Waals surface area contributed by atoms with Crippen molar-refractivity contribution in [2.45, 2.75) is 18.8 Å². The van der Waals surface area contributed by atoms with Crippen molar-refractivity contribution in [3.63, 3.8) is 0 Å². The van der Waals surface area contributed by atoms with Gasteiger partial charge in [-0.3, -0.25) is 9.10 Å². The van der Waals surface area contributed by atoms with E-state index in [2.05, 4.69) is 5.32 Å². The van der Waals surface area contributed by atoms with E-state index in [0.717, 1.165) is 16.8 Å². The van der Waals surface area contributed by atoms with E-state index in [1.807, 2.05) is 30.3 Å². The molecular formula is C20H21FN2O3S. The molecule has 5 nitrogen and oxygen atoms in total. The van der Waals surface area contributed by atoms with Crippen LogP contribution in [0.25, 0.3) is 0 Å². The Kier molecular flexibility index (Phi) is 4.63. The van der Waals surface area contributed by atoms with Crippen LogP contribution in [0, 0.1) is 11.7 Å². The molecule has 2 aliphatic rings. The van der Waals surface area contributed by atoms with Gasteiger partial charge in [0, 0.05) is 19.0 Å². The zero-order chi connectivity index (χ0) is 19.0. The highest BCUT2D eigenvalue weighted by molar-refractivity contribution is 7.92. The van der Waals surface area contributed by atoms with Crippen LogP contribution in [0.1, 0.15) is 23.5 Å². The minimum atomic E-state index is -3.48. The summed E-state index contributed by atoms with van der Waals surface area (Å²) < 4.78 is 40.0. The van der Waals surface area contributed by atoms with Gasteiger partial charge >= 0.3 is 0 Å². The minimum absolute atomic E-state index is 0.0165. The van der Waals surface area contributed by atoms with Gasteiger partial charge in [-0.2, -0.15) is 0 Å². The number of carbonyl (C=O) groups excluding carboxylic acids is 1. The van der Waals surface area contributed by atoms with Crippen molar-refractivity contribution < 1.29 is 17.6 Å². The monoisotopic (exact) mass is 388 g/mol. The molecule has 7 heteroatoms. The lowest BCUT2D eigenvalue weighted by molar-refractivity contribution is -0.122. The summed E-state index contributed by atoms with van der Waals surface area (Å²) >= 11 is 0. The standard InChI is InChI=1S/C20H21FN2O3S/c21-16-6-3-5-15(12-16)17-13-18(17)20(24)22-9-11-27(25,26)23-10-8-14-4-1-2-7-19(14)23/h1-7,12,17-18H,8-11,13H2,(H,22,24)/t17-,18+/m0/s1. The van der Waals surface area contributed by atoms with E-state index < -0.39 is 10.0 Å². The van der Waals surface area contributed by atoms with Crippen molar-refractivity contribution in [2.24, 2.45) is 5.92 Å². The van der Waals surface area contributed by atoms with Crippen molar-refractivity contribution in [3.8, 4) is 0 Å². The first-order chi connectivity index (χ1) is 13.0. The predicted octanol–water partition coefficient (Wildman–Crippen LogP) is 2.44. The number of amides is 1. The quantitative estimate of drug-likeness (QED) is 0.827. The van der Waals surface area contributed by atoms with Gasteiger partial charge in [-0.05, 0) is 48.1 Å². The van der Waals surface area contributed by atoms with Crippen LogP contribution in [0.3, 0.4) is 0 Å². The van der Waals surface area contributed by atoms with Crippen LogP contribution in [0.2, 0.25) is 0 Å². The van der Waals surface area contributed by atoms with E-state index in [-0.39, 0.29) is 35.9 Å². The molecule has 1 saturated carbocycles. The fourth-order valence-corrected chi connectivity index (χ4v) is 5.16. The smallest absolute Gasteiger partial charge is 0.236 e. The Morgan fingerprint density at radius 3 is 2.81 bits per heavy atom. The highest BCUT2D eigenvalue weighted by Gasteiger charge is 2.44. The molecule has 2 aromatic carbocycles. The third-order valence-corrected chi connectivity index (χ3v) is 7.01. The Bertz CT molecular complexity index is 977. The number of sulfonamides is 1. The molecule has 4 rings (SSSR count). The van der Waals surface area contributed by atoms with Crippen molar-refractivity contribution in [1.82, 2.24) is 5.32 Å². The third-order valence-electron chi connectivity index (χ3n) is 5.24. The maximum atomic E-state index is 13.3. The fraction of sp³-hybridized carbons (Fsp3) is 0.350. The van der Waals surface area contributed by atoms with Crippen molar-refractivity contribution in [3.05, 3.63) is 65.5 Å². The summed E-state index contributed by atoms with van der Waals surface area (Å²) in [7, 11) is -3.48. The Morgan fingerprint density at radius 1 is 1.19 bits per heavy atom. The first-order valence-electron chi connectivity index (χ1n) is 9.07. The number of fused-ring (bicyclic) bond motifs is 1. The molecular weight excluding hydrogens is 367 g/mol. The summed E-state index contributed by atoms with van der Waals surface area (Å²) in [4.78, 5) is 12.3. The topological polar surface area (TPSA) is 66.5 Å². The maximum Gasteiger partial charge on any atom is 0.236 e. The van der Waals surface area contributed by atoms with Crippen LogP contribution in [0.4, 0.5) is 10.1 Å². The second-order valence-electron chi connectivity index (χ2n) is 7.06. The number of halogens is 1. The first-order valence-corrected chi connectivity index (χ1v) is 10.7. The Morgan fingerprint density at radius 2 is 2.00 bits per heavy atom. The number of para-hydroxylation sites is 1. The molecule has 0 aromatic heterocycles. The van der Waals surface area contributed by atoms with Crippen LogP contribution in [-0.4, -0.2) is 33.2 Å². The average molecular weight is 388 g/mol. The summed E-state index contributed by atoms with van der Waals surface area (Å²) in [5.41, 5.74) is 2.58. The predicted molar refractivity (Wildman–Crippen MR) is 102 cm³/mol. The Balaban J connectivity index is 1.31. The molecule has 0 saturated heterocycles. The summed E-state index contributed by atoms with van der Waals surface area (Å²) in [6, 6.07) is 13.8. The number of nitrogens with one attached hydrogen (secondary N) is 1. The van der Waals surface area contributed by atoms with Crippen LogP contribution in [0.5, 0.6) is 0 Å². The number of benzene rings is 2. The number of carbonyl (C=O) groups is 1. The number of anilines is 1. The fourth-order valence-electron chi connectivity index (χ4n) is 3.73. The maximum absolute atomic E-state index is 13.3. The summed E-state index contributed by atoms with van der Waals surface area (Å²) in [6.07, 6.45) is 1.38. The van der Waals surface area contributed by atoms with Crippen LogP contribution in [0.15, 0.2) is 48.5 Å². The molecule has 0 spiro atoms. The molecule has 27 heavy (non-hydrogen) atoms. The molecule has 1 aliphatic heterocycles. The third kappa shape index (κ3) is 3.69. The number of hydrogen-bond acceptors (Lipinski definition) is 3. The van der Waals surface area contributed by atoms with Gasteiger partial charge in [0.1, 0.15) is 5.82 Å². The first kappa shape index (κ1) is 18.0. The van der Waals surface area contributed by atoms with Crippen LogP contribution in [-0.2, 0) is 21.2 Å². The summed E-state index contributed by atoms with van der Waals surface area (Å²) in [5, 5.41) is 2.72. The second-order valence-corrected chi connectivity index (χ2v) is 9.07. The average Bonchev–Trinajstić information content (AvgIpc) is 3.32. The largest absolute Gasteiger partial charge is 0.355 e. The number of rotatable bonds is 6. The molecule has 2 aromatic rings. The normalized spacial score (nSPS) is 21.0. The number of nitrogens with zero attached hydrogens (tertiary/aromatic N) is 1. The van der Waals surface area contributed by atoms with E-state index in [9.17, 15) is 17.6 Å². The molecule has 1 heterocycles. The minimum Gasteiger partial charge on any atom is -0.355 e. The number of hydrogen-bond donors (Lipinski definition) is 1. The molecule has 0 radical (unpaired) electrons. The summed E-state index contributed by atoms with van der Waals surface area (Å²) in [5.74, 6) is -0.800. The van der Waals surface area contributed by atoms with E-state index in [0.29, 0.717) is 19.4 Å². The van der Waals surface area contributed by atoms with E-state index in [1.165, 1.54) is 16.4 Å². The highest BCUT2D eigenvalue weighted by Crippen LogP contribution is 2.47. The molecule has 0 bridgehead atoms. The molecule has 1 amide bonds. The molecule has 1 fully saturated rings. The van der Waals surface area contributed by atoms with Gasteiger partial charge in [-0.1, -0.05) is 30.3 Å². The van der Waals surface area contributed by atoms with Crippen molar-refractivity contribution in [2.75, 3.05) is 23.1 Å². The molecule has 1 N–H and O–H groups in total. The zero-order valence-electron chi connectivity index (χ0n) is 14.8. The zero-order valence-corrected chi connectivity index (χ0v) is 15.6. The lowest BCUT2D eigenvalue weighted by Crippen LogP contribution is -2.37. The van der Waals surface area contributed by atoms with Crippen LogP contribution < -0.4 is 9.62 Å². The Hall–Kier alpha value is -2.41. The SMILES string of the molecule is O=C(NCCS(=O)(=O)N1CCc2ccccc21)[C@@H]1C[C@H]1c1cccc(F)c1. The molecule has 142 valence electrons. The van der Waals surface area contributed by atoms with E-state index >= 15 is 0 Å². The van der Waals surface area contributed by atoms with E-state index in [4.69, 9.17) is 0 Å². The lowest BCUT2D eigenvalue weighted by atomic mass is 10.1. The van der Waals surface area contributed by atoms with Gasteiger partial charge in [-0.15, -0.1) is 0 Å². The Labute approximate surface area is 158 Å². The van der Waals surface area contributed by atoms with Gasteiger partial charge in [0.25, 0.3) is 0 Å². The van der Waals surface area contributed by atoms with Gasteiger partial charge < -0.3 is 5.32 Å². The summed E-state index contributed by atoms with van der Waals surface area (Å²) in [6.45, 7) is 0.520. The highest BCUT2D eigenvalue weighted by atomic mass is 32.2. The molecule has 1 aliphatic carbocycles. The van der Waals surface area contributed by atoms with E-state index in [1.54, 1.807) is 6.07 Å². The molecule has 2 atom stereocenters. The van der Waals surface area contributed by atoms with Gasteiger partial charge in [0.2, 0.25) is 15.9 Å². The van der Waals surface area contributed by atoms with Gasteiger partial charge in [0.05, 0.1) is 11.4 Å². The van der Waals surface area contributed by atoms with Gasteiger partial charge in [0.15, 0.2) is 0 Å². The lowest BCUT2D eigenvalue weighted by Gasteiger charge is -2.19. The van der Waals surface area contributed by atoms with Crippen molar-refractivity contribution in [1.29, 1.82) is 0 Å². The molecule has 0 unspecified atom stereocenters. The van der Waals surface area contributed by atoms with Crippen molar-refractivity contribution >= 4 is 21.6 Å². The van der Waals surface area contributed by atoms with Gasteiger partial charge in [-0.25, -0.2) is 12.8 Å².